The van der Waals surface area contributed by atoms with Gasteiger partial charge in [-0.25, -0.2) is 4.98 Å². The van der Waals surface area contributed by atoms with Crippen LogP contribution in [0, 0.1) is 0 Å². The Morgan fingerprint density at radius 1 is 1.12 bits per heavy atom. The summed E-state index contributed by atoms with van der Waals surface area (Å²) >= 11 is 0. The number of aliphatic hydroxyl groups excluding tert-OH is 1. The zero-order chi connectivity index (χ0) is 23.2. The van der Waals surface area contributed by atoms with Crippen molar-refractivity contribution in [2.45, 2.75) is 38.5 Å². The molecule has 0 saturated carbocycles. The molecule has 170 valence electrons. The Kier molecular flexibility index (Phi) is 6.85. The summed E-state index contributed by atoms with van der Waals surface area (Å²) in [6.45, 7) is 0.698. The van der Waals surface area contributed by atoms with Gasteiger partial charge in [0.2, 0.25) is 5.91 Å². The fourth-order valence-corrected chi connectivity index (χ4v) is 3.80. The number of anilines is 1. The van der Waals surface area contributed by atoms with Crippen LogP contribution in [0.5, 0.6) is 0 Å². The first kappa shape index (κ1) is 22.3. The van der Waals surface area contributed by atoms with Gasteiger partial charge in [0.15, 0.2) is 0 Å². The number of aryl methyl sites for hydroxylation is 2. The smallest absolute Gasteiger partial charge is 0.268 e. The SMILES string of the molecule is NC(=O)c1cn([C@H](O)CCCn2ccc3ccc(NC(=O)CCc4ccccc4)cc32)cn1. The number of nitrogens with zero attached hydrogens (tertiary/aromatic N) is 3. The number of aromatic nitrogens is 3. The molecule has 33 heavy (non-hydrogen) atoms. The van der Waals surface area contributed by atoms with Crippen LogP contribution < -0.4 is 11.1 Å². The Morgan fingerprint density at radius 2 is 1.94 bits per heavy atom. The van der Waals surface area contributed by atoms with E-state index in [-0.39, 0.29) is 11.6 Å². The molecule has 0 spiro atoms. The minimum Gasteiger partial charge on any atom is -0.373 e. The molecule has 0 aliphatic heterocycles. The Labute approximate surface area is 191 Å². The van der Waals surface area contributed by atoms with Crippen molar-refractivity contribution >= 4 is 28.4 Å². The van der Waals surface area contributed by atoms with E-state index in [1.165, 1.54) is 17.1 Å². The largest absolute Gasteiger partial charge is 0.373 e. The van der Waals surface area contributed by atoms with Gasteiger partial charge in [0.05, 0.1) is 11.8 Å². The Balaban J connectivity index is 1.33. The third-order valence-corrected chi connectivity index (χ3v) is 5.60. The predicted octanol–water partition coefficient (Wildman–Crippen LogP) is 3.48. The van der Waals surface area contributed by atoms with E-state index in [0.717, 1.165) is 22.2 Å². The Bertz CT molecular complexity index is 1250. The number of hydrogen-bond donors (Lipinski definition) is 3. The number of hydrogen-bond acceptors (Lipinski definition) is 4. The van der Waals surface area contributed by atoms with Gasteiger partial charge >= 0.3 is 0 Å². The van der Waals surface area contributed by atoms with Gasteiger partial charge in [-0.15, -0.1) is 0 Å². The van der Waals surface area contributed by atoms with E-state index in [9.17, 15) is 14.7 Å². The molecule has 1 atom stereocenters. The molecule has 8 nitrogen and oxygen atoms in total. The number of fused-ring (bicyclic) bond motifs is 1. The zero-order valence-corrected chi connectivity index (χ0v) is 18.2. The molecule has 2 heterocycles. The lowest BCUT2D eigenvalue weighted by atomic mass is 10.1. The van der Waals surface area contributed by atoms with Crippen molar-refractivity contribution in [3.05, 3.63) is 84.6 Å². The molecule has 0 aliphatic rings. The lowest BCUT2D eigenvalue weighted by molar-refractivity contribution is -0.116. The highest BCUT2D eigenvalue weighted by atomic mass is 16.3. The number of aliphatic hydroxyl groups is 1. The molecule has 4 rings (SSSR count). The van der Waals surface area contributed by atoms with Crippen molar-refractivity contribution < 1.29 is 14.7 Å². The molecular weight excluding hydrogens is 418 g/mol. The van der Waals surface area contributed by atoms with Crippen molar-refractivity contribution in [3.63, 3.8) is 0 Å². The first-order chi connectivity index (χ1) is 16.0. The van der Waals surface area contributed by atoms with Crippen LogP contribution in [-0.4, -0.2) is 31.0 Å². The number of amides is 2. The van der Waals surface area contributed by atoms with Gasteiger partial charge in [0.1, 0.15) is 11.9 Å². The minimum atomic E-state index is -0.785. The van der Waals surface area contributed by atoms with Crippen molar-refractivity contribution in [1.29, 1.82) is 0 Å². The van der Waals surface area contributed by atoms with E-state index in [1.54, 1.807) is 0 Å². The minimum absolute atomic E-state index is 0.0184. The second-order valence-electron chi connectivity index (χ2n) is 8.01. The van der Waals surface area contributed by atoms with E-state index < -0.39 is 12.1 Å². The molecule has 0 saturated heterocycles. The molecule has 0 fully saturated rings. The number of imidazole rings is 1. The molecule has 0 bridgehead atoms. The normalized spacial score (nSPS) is 12.0. The summed E-state index contributed by atoms with van der Waals surface area (Å²) in [7, 11) is 0. The third kappa shape index (κ3) is 5.67. The van der Waals surface area contributed by atoms with Crippen molar-refractivity contribution in [2.24, 2.45) is 5.73 Å². The number of carbonyl (C=O) groups excluding carboxylic acids is 2. The van der Waals surface area contributed by atoms with E-state index in [1.807, 2.05) is 60.8 Å². The number of nitrogens with two attached hydrogens (primary N) is 1. The molecular formula is C25H27N5O3. The molecule has 0 aliphatic carbocycles. The highest BCUT2D eigenvalue weighted by Gasteiger charge is 2.11. The van der Waals surface area contributed by atoms with Gasteiger partial charge in [-0.1, -0.05) is 36.4 Å². The van der Waals surface area contributed by atoms with E-state index in [2.05, 4.69) is 14.9 Å². The number of carbonyl (C=O) groups is 2. The quantitative estimate of drug-likeness (QED) is 0.347. The molecule has 0 radical (unpaired) electrons. The molecule has 8 heteroatoms. The lowest BCUT2D eigenvalue weighted by Crippen LogP contribution is -2.12. The van der Waals surface area contributed by atoms with Crippen LogP contribution in [0.15, 0.2) is 73.3 Å². The second-order valence-corrected chi connectivity index (χ2v) is 8.01. The first-order valence-corrected chi connectivity index (χ1v) is 10.9. The Hall–Kier alpha value is -3.91. The molecule has 0 unspecified atom stereocenters. The van der Waals surface area contributed by atoms with Gasteiger partial charge in [-0.3, -0.25) is 9.59 Å². The summed E-state index contributed by atoms with van der Waals surface area (Å²) in [6, 6.07) is 17.9. The highest BCUT2D eigenvalue weighted by molar-refractivity contribution is 5.94. The van der Waals surface area contributed by atoms with Crippen LogP contribution in [0.4, 0.5) is 5.69 Å². The van der Waals surface area contributed by atoms with E-state index in [0.29, 0.717) is 32.2 Å². The maximum absolute atomic E-state index is 12.4. The standard InChI is InChI=1S/C25H27N5O3/c26-25(33)21-16-30(17-27-21)24(32)7-4-13-29-14-12-19-9-10-20(15-22(19)29)28-23(31)11-8-18-5-2-1-3-6-18/h1-3,5-6,9-10,12,14-17,24,32H,4,7-8,11,13H2,(H2,26,33)(H,28,31)/t24-/m1/s1. The lowest BCUT2D eigenvalue weighted by Gasteiger charge is -2.13. The summed E-state index contributed by atoms with van der Waals surface area (Å²) in [6.07, 6.45) is 6.39. The summed E-state index contributed by atoms with van der Waals surface area (Å²) in [5, 5.41) is 14.4. The van der Waals surface area contributed by atoms with E-state index >= 15 is 0 Å². The number of primary amides is 1. The monoisotopic (exact) mass is 445 g/mol. The van der Waals surface area contributed by atoms with Crippen molar-refractivity contribution in [2.75, 3.05) is 5.32 Å². The second kappa shape index (κ2) is 10.1. The number of nitrogens with one attached hydrogen (secondary N) is 1. The van der Waals surface area contributed by atoms with Crippen LogP contribution in [0.25, 0.3) is 10.9 Å². The Morgan fingerprint density at radius 3 is 2.70 bits per heavy atom. The molecule has 4 N–H and O–H groups in total. The molecule has 4 aromatic rings. The molecule has 2 amide bonds. The van der Waals surface area contributed by atoms with Gasteiger partial charge in [0, 0.05) is 31.0 Å². The molecule has 2 aromatic carbocycles. The van der Waals surface area contributed by atoms with E-state index in [4.69, 9.17) is 5.73 Å². The summed E-state index contributed by atoms with van der Waals surface area (Å²) in [5.41, 5.74) is 8.25. The van der Waals surface area contributed by atoms with Crippen LogP contribution in [0.2, 0.25) is 0 Å². The summed E-state index contributed by atoms with van der Waals surface area (Å²) in [4.78, 5) is 27.4. The third-order valence-electron chi connectivity index (χ3n) is 5.60. The fourth-order valence-electron chi connectivity index (χ4n) is 3.80. The average Bonchev–Trinajstić information content (AvgIpc) is 3.46. The fraction of sp³-hybridized carbons (Fsp3) is 0.240. The average molecular weight is 446 g/mol. The van der Waals surface area contributed by atoms with Crippen molar-refractivity contribution in [1.82, 2.24) is 14.1 Å². The molecule has 2 aromatic heterocycles. The van der Waals surface area contributed by atoms with Crippen molar-refractivity contribution in [3.8, 4) is 0 Å². The maximum Gasteiger partial charge on any atom is 0.268 e. The first-order valence-electron chi connectivity index (χ1n) is 10.9. The zero-order valence-electron chi connectivity index (χ0n) is 18.2. The van der Waals surface area contributed by atoms with Gasteiger partial charge in [0.25, 0.3) is 5.91 Å². The van der Waals surface area contributed by atoms with Crippen LogP contribution in [0.1, 0.15) is 41.5 Å². The van der Waals surface area contributed by atoms with Crippen LogP contribution in [-0.2, 0) is 17.8 Å². The maximum atomic E-state index is 12.4. The number of benzene rings is 2. The summed E-state index contributed by atoms with van der Waals surface area (Å²) < 4.78 is 3.58. The topological polar surface area (TPSA) is 115 Å². The van der Waals surface area contributed by atoms with Crippen LogP contribution >= 0.6 is 0 Å². The van der Waals surface area contributed by atoms with Gasteiger partial charge in [-0.2, -0.15) is 0 Å². The summed E-state index contributed by atoms with van der Waals surface area (Å²) in [5.74, 6) is -0.641. The highest BCUT2D eigenvalue weighted by Crippen LogP contribution is 2.22. The van der Waals surface area contributed by atoms with Gasteiger partial charge < -0.3 is 25.3 Å². The van der Waals surface area contributed by atoms with Gasteiger partial charge in [-0.05, 0) is 48.4 Å². The predicted molar refractivity (Wildman–Crippen MR) is 127 cm³/mol. The van der Waals surface area contributed by atoms with Crippen LogP contribution in [0.3, 0.4) is 0 Å². The number of rotatable bonds is 10.